The van der Waals surface area contributed by atoms with Crippen LogP contribution in [0.3, 0.4) is 0 Å². The third kappa shape index (κ3) is 6.22. The number of halogens is 4. The smallest absolute Gasteiger partial charge is 0.351 e. The summed E-state index contributed by atoms with van der Waals surface area (Å²) in [5, 5.41) is 12.8. The van der Waals surface area contributed by atoms with E-state index in [-0.39, 0.29) is 33.4 Å². The normalized spacial score (nSPS) is 17.1. The molecule has 1 N–H and O–H groups in total. The van der Waals surface area contributed by atoms with Gasteiger partial charge in [-0.3, -0.25) is 4.79 Å². The maximum absolute atomic E-state index is 13.6. The molecule has 198 valence electrons. The Labute approximate surface area is 227 Å². The van der Waals surface area contributed by atoms with Crippen LogP contribution in [0.2, 0.25) is 5.02 Å². The molecular weight excluding hydrogens is 535 g/mol. The molecule has 0 spiro atoms. The summed E-state index contributed by atoms with van der Waals surface area (Å²) < 4.78 is 40.8. The van der Waals surface area contributed by atoms with Crippen molar-refractivity contribution in [1.29, 1.82) is 5.26 Å². The predicted octanol–water partition coefficient (Wildman–Crippen LogP) is 5.44. The highest BCUT2D eigenvalue weighted by Gasteiger charge is 2.43. The van der Waals surface area contributed by atoms with Gasteiger partial charge in [-0.1, -0.05) is 42.8 Å². The van der Waals surface area contributed by atoms with Gasteiger partial charge in [0.15, 0.2) is 4.90 Å². The van der Waals surface area contributed by atoms with E-state index in [1.807, 2.05) is 36.3 Å². The van der Waals surface area contributed by atoms with Gasteiger partial charge < -0.3 is 10.2 Å². The number of benzene rings is 2. The van der Waals surface area contributed by atoms with Gasteiger partial charge in [0.1, 0.15) is 34.5 Å². The minimum Gasteiger partial charge on any atom is -0.351 e. The first-order chi connectivity index (χ1) is 18.1. The number of alkyl halides is 3. The topological polar surface area (TPSA) is 81.9 Å². The van der Waals surface area contributed by atoms with Gasteiger partial charge in [-0.2, -0.15) is 18.4 Å². The number of aromatic nitrogens is 2. The third-order valence-electron chi connectivity index (χ3n) is 6.61. The lowest BCUT2D eigenvalue weighted by Gasteiger charge is -2.21. The molecule has 1 aliphatic rings. The fourth-order valence-corrected chi connectivity index (χ4v) is 6.62. The van der Waals surface area contributed by atoms with E-state index in [2.05, 4.69) is 15.3 Å². The van der Waals surface area contributed by atoms with Gasteiger partial charge >= 0.3 is 6.18 Å². The first kappa shape index (κ1) is 27.7. The molecule has 0 radical (unpaired) electrons. The van der Waals surface area contributed by atoms with Crippen LogP contribution in [0, 0.1) is 11.3 Å². The Hall–Kier alpha value is -3.29. The summed E-state index contributed by atoms with van der Waals surface area (Å²) in [5.41, 5.74) is 0.620. The molecule has 0 aliphatic carbocycles. The van der Waals surface area contributed by atoms with Crippen molar-refractivity contribution in [2.75, 3.05) is 30.8 Å². The lowest BCUT2D eigenvalue weighted by molar-refractivity contribution is -0.139. The highest BCUT2D eigenvalue weighted by atomic mass is 35.5. The molecule has 1 saturated heterocycles. The Morgan fingerprint density at radius 1 is 1.26 bits per heavy atom. The monoisotopic (exact) mass is 560 g/mol. The van der Waals surface area contributed by atoms with Crippen molar-refractivity contribution in [2.24, 2.45) is 0 Å². The summed E-state index contributed by atoms with van der Waals surface area (Å²) in [6.45, 7) is 3.25. The zero-order chi connectivity index (χ0) is 27.4. The Morgan fingerprint density at radius 3 is 2.66 bits per heavy atom. The van der Waals surface area contributed by atoms with Gasteiger partial charge in [0.05, 0.1) is 6.54 Å². The second-order valence-corrected chi connectivity index (χ2v) is 11.8. The molecule has 0 saturated carbocycles. The number of nitriles is 1. The summed E-state index contributed by atoms with van der Waals surface area (Å²) in [6, 6.07) is 15.0. The van der Waals surface area contributed by atoms with Crippen LogP contribution < -0.4 is 10.2 Å². The molecule has 6 nitrogen and oxygen atoms in total. The minimum absolute atomic E-state index is 0.0193. The van der Waals surface area contributed by atoms with Crippen molar-refractivity contribution in [3.63, 3.8) is 0 Å². The lowest BCUT2D eigenvalue weighted by Crippen LogP contribution is -2.32. The Kier molecular flexibility index (Phi) is 8.48. The number of hydrogen-bond donors (Lipinski definition) is 1. The molecule has 0 bridgehead atoms. The van der Waals surface area contributed by atoms with Crippen LogP contribution in [-0.2, 0) is 17.1 Å². The number of anilines is 1. The van der Waals surface area contributed by atoms with Crippen molar-refractivity contribution >= 4 is 34.2 Å². The number of amides is 1. The average Bonchev–Trinajstić information content (AvgIpc) is 3.41. The van der Waals surface area contributed by atoms with Crippen LogP contribution in [-0.4, -0.2) is 47.0 Å². The van der Waals surface area contributed by atoms with Gasteiger partial charge in [0, 0.05) is 41.6 Å². The summed E-state index contributed by atoms with van der Waals surface area (Å²) in [7, 11) is -0.698. The molecule has 4 rings (SSSR count). The predicted molar refractivity (Wildman–Crippen MR) is 143 cm³/mol. The number of carbonyl (C=O) groups excluding carboxylic acids is 1. The van der Waals surface area contributed by atoms with Gasteiger partial charge in [-0.25, -0.2) is 9.97 Å². The Balaban J connectivity index is 1.51. The molecule has 1 aromatic heterocycles. The summed E-state index contributed by atoms with van der Waals surface area (Å²) in [4.78, 5) is 23.6. The fraction of sp³-hybridized carbons (Fsp3) is 0.333. The van der Waals surface area contributed by atoms with E-state index in [0.29, 0.717) is 36.9 Å². The number of hydrogen-bond acceptors (Lipinski definition) is 5. The second-order valence-electron chi connectivity index (χ2n) is 9.11. The van der Waals surface area contributed by atoms with Crippen molar-refractivity contribution in [3.05, 3.63) is 82.3 Å². The maximum atomic E-state index is 13.6. The second kappa shape index (κ2) is 11.6. The molecule has 2 heterocycles. The number of nitrogens with zero attached hydrogens (tertiary/aromatic N) is 4. The zero-order valence-corrected chi connectivity index (χ0v) is 22.4. The number of rotatable bonds is 7. The summed E-state index contributed by atoms with van der Waals surface area (Å²) in [5.74, 6) is -0.123. The van der Waals surface area contributed by atoms with Gasteiger partial charge in [0.25, 0.3) is 5.91 Å². The van der Waals surface area contributed by atoms with Crippen LogP contribution in [0.5, 0.6) is 0 Å². The molecule has 1 aliphatic heterocycles. The molecule has 11 heteroatoms. The van der Waals surface area contributed by atoms with E-state index >= 15 is 0 Å². The van der Waals surface area contributed by atoms with E-state index in [9.17, 15) is 23.2 Å². The summed E-state index contributed by atoms with van der Waals surface area (Å²) >= 11 is 5.96. The molecule has 3 aromatic rings. The van der Waals surface area contributed by atoms with E-state index in [4.69, 9.17) is 11.6 Å². The maximum Gasteiger partial charge on any atom is 0.421 e. The minimum atomic E-state index is -4.43. The largest absolute Gasteiger partial charge is 0.421 e. The standard InChI is InChI=1S/C27H25ClF3N5OS/c1-17(18-7-9-19(28)10-8-18)14-34-26(37)21-15-33-24(13-32)35-25(21)36-12-11-20(16-36)38(2)23-6-4-3-5-22(23)27(29,30)31/h3-10,15,17,20H,11-12,14,16H2,1-2H3/p+1. The SMILES string of the molecule is CC(CNC(=O)c1cnc(C#N)nc1N1CCC([S+](C)c2ccccc2C(F)(F)F)C1)c1ccc(Cl)cc1. The Morgan fingerprint density at radius 2 is 1.97 bits per heavy atom. The van der Waals surface area contributed by atoms with Crippen LogP contribution in [0.4, 0.5) is 19.0 Å². The van der Waals surface area contributed by atoms with Crippen LogP contribution >= 0.6 is 11.6 Å². The third-order valence-corrected chi connectivity index (χ3v) is 9.29. The molecular formula is C27H26ClF3N5OS+. The molecule has 38 heavy (non-hydrogen) atoms. The fourth-order valence-electron chi connectivity index (χ4n) is 4.45. The van der Waals surface area contributed by atoms with Crippen LogP contribution in [0.1, 0.15) is 46.6 Å². The van der Waals surface area contributed by atoms with E-state index in [1.165, 1.54) is 18.3 Å². The van der Waals surface area contributed by atoms with E-state index < -0.39 is 22.6 Å². The number of carbonyl (C=O) groups is 1. The average molecular weight is 561 g/mol. The van der Waals surface area contributed by atoms with Crippen molar-refractivity contribution in [1.82, 2.24) is 15.3 Å². The van der Waals surface area contributed by atoms with Crippen LogP contribution in [0.15, 0.2) is 59.6 Å². The molecule has 2 aromatic carbocycles. The first-order valence-electron chi connectivity index (χ1n) is 11.9. The molecule has 3 unspecified atom stereocenters. The highest BCUT2D eigenvalue weighted by Crippen LogP contribution is 2.37. The van der Waals surface area contributed by atoms with Gasteiger partial charge in [0.2, 0.25) is 5.82 Å². The molecule has 3 atom stereocenters. The van der Waals surface area contributed by atoms with Crippen LogP contribution in [0.25, 0.3) is 0 Å². The van der Waals surface area contributed by atoms with Crippen molar-refractivity contribution < 1.29 is 18.0 Å². The lowest BCUT2D eigenvalue weighted by atomic mass is 10.0. The quantitative estimate of drug-likeness (QED) is 0.389. The molecule has 1 fully saturated rings. The molecule has 1 amide bonds. The van der Waals surface area contributed by atoms with Crippen molar-refractivity contribution in [3.8, 4) is 6.07 Å². The van der Waals surface area contributed by atoms with Gasteiger partial charge in [-0.05, 0) is 35.7 Å². The summed E-state index contributed by atoms with van der Waals surface area (Å²) in [6.07, 6.45) is -0.641. The highest BCUT2D eigenvalue weighted by molar-refractivity contribution is 7.97. The van der Waals surface area contributed by atoms with Crippen molar-refractivity contribution in [2.45, 2.75) is 35.6 Å². The first-order valence-corrected chi connectivity index (χ1v) is 14.0. The van der Waals surface area contributed by atoms with E-state index in [1.54, 1.807) is 18.2 Å². The van der Waals surface area contributed by atoms with Gasteiger partial charge in [-0.15, -0.1) is 0 Å². The Bertz CT molecular complexity index is 1350. The zero-order valence-electron chi connectivity index (χ0n) is 20.8. The number of nitrogens with one attached hydrogen (secondary N) is 1. The van der Waals surface area contributed by atoms with E-state index in [0.717, 1.165) is 11.6 Å².